The summed E-state index contributed by atoms with van der Waals surface area (Å²) in [6.45, 7) is 6.71. The summed E-state index contributed by atoms with van der Waals surface area (Å²) >= 11 is 0. The number of nitrogens with one attached hydrogen (secondary N) is 1. The summed E-state index contributed by atoms with van der Waals surface area (Å²) in [5.41, 5.74) is 6.23. The van der Waals surface area contributed by atoms with Crippen LogP contribution in [0.2, 0.25) is 0 Å². The summed E-state index contributed by atoms with van der Waals surface area (Å²) in [5, 5.41) is 3.56. The number of aromatic amines is 1. The van der Waals surface area contributed by atoms with Crippen molar-refractivity contribution in [1.82, 2.24) is 24.7 Å². The molecule has 3 aromatic heterocycles. The molecule has 4 heterocycles. The minimum absolute atomic E-state index is 0.0786. The number of hydrogen-bond donors (Lipinski definition) is 1. The molecule has 6 rings (SSSR count). The molecule has 0 saturated carbocycles. The van der Waals surface area contributed by atoms with Gasteiger partial charge in [-0.15, -0.1) is 0 Å². The number of anilines is 1. The second-order valence-electron chi connectivity index (χ2n) is 10.2. The Bertz CT molecular complexity index is 1470. The Morgan fingerprint density at radius 1 is 1.12 bits per heavy atom. The lowest BCUT2D eigenvalue weighted by Gasteiger charge is -2.33. The number of pyridine rings is 1. The Labute approximate surface area is 197 Å². The Hall–Kier alpha value is -3.68. The van der Waals surface area contributed by atoms with Gasteiger partial charge >= 0.3 is 0 Å². The molecule has 1 N–H and O–H groups in total. The molecule has 0 bridgehead atoms. The Morgan fingerprint density at radius 2 is 2.00 bits per heavy atom. The predicted molar refractivity (Wildman–Crippen MR) is 131 cm³/mol. The smallest absolute Gasteiger partial charge is 0.275 e. The van der Waals surface area contributed by atoms with Crippen molar-refractivity contribution in [1.29, 1.82) is 0 Å². The van der Waals surface area contributed by atoms with Crippen LogP contribution in [0.1, 0.15) is 37.1 Å². The van der Waals surface area contributed by atoms with Crippen LogP contribution in [0.15, 0.2) is 41.6 Å². The molecule has 0 atom stereocenters. The third kappa shape index (κ3) is 3.54. The normalized spacial score (nSPS) is 17.1. The van der Waals surface area contributed by atoms with E-state index in [1.165, 1.54) is 15.9 Å². The van der Waals surface area contributed by atoms with Gasteiger partial charge in [-0.2, -0.15) is 0 Å². The molecule has 4 aromatic rings. The summed E-state index contributed by atoms with van der Waals surface area (Å²) in [6, 6.07) is 8.10. The fraction of sp³-hybridized carbons (Fsp3) is 0.385. The summed E-state index contributed by atoms with van der Waals surface area (Å²) in [5.74, 6) is 1.92. The summed E-state index contributed by atoms with van der Waals surface area (Å²) in [6.07, 6.45) is 6.64. The van der Waals surface area contributed by atoms with E-state index in [1.54, 1.807) is 19.6 Å². The van der Waals surface area contributed by atoms with Crippen molar-refractivity contribution in [3.8, 4) is 16.9 Å². The molecule has 2 aliphatic rings. The molecule has 0 amide bonds. The number of aryl methyl sites for hydroxylation is 2. The molecular weight excluding hydrogens is 428 g/mol. The monoisotopic (exact) mass is 456 g/mol. The van der Waals surface area contributed by atoms with Crippen molar-refractivity contribution in [3.63, 3.8) is 0 Å². The molecular formula is C26H28N6O2. The molecule has 0 fully saturated rings. The van der Waals surface area contributed by atoms with Crippen molar-refractivity contribution in [2.45, 2.75) is 39.7 Å². The maximum absolute atomic E-state index is 12.4. The van der Waals surface area contributed by atoms with Crippen LogP contribution in [0.5, 0.6) is 5.75 Å². The third-order valence-electron chi connectivity index (χ3n) is 7.08. The largest absolute Gasteiger partial charge is 0.491 e. The second kappa shape index (κ2) is 7.68. The fourth-order valence-electron chi connectivity index (χ4n) is 5.15. The summed E-state index contributed by atoms with van der Waals surface area (Å²) < 4.78 is 7.56. The zero-order valence-corrected chi connectivity index (χ0v) is 19.8. The van der Waals surface area contributed by atoms with E-state index in [2.05, 4.69) is 39.9 Å². The van der Waals surface area contributed by atoms with Crippen LogP contribution >= 0.6 is 0 Å². The Morgan fingerprint density at radius 3 is 2.88 bits per heavy atom. The number of H-pyrrole nitrogens is 1. The second-order valence-corrected chi connectivity index (χ2v) is 10.2. The maximum Gasteiger partial charge on any atom is 0.275 e. The van der Waals surface area contributed by atoms with Crippen LogP contribution in [0.3, 0.4) is 0 Å². The lowest BCUT2D eigenvalue weighted by atomic mass is 9.76. The Kier molecular flexibility index (Phi) is 4.72. The summed E-state index contributed by atoms with van der Waals surface area (Å²) in [7, 11) is 1.70. The van der Waals surface area contributed by atoms with Gasteiger partial charge in [0.05, 0.1) is 11.9 Å². The first kappa shape index (κ1) is 20.9. The van der Waals surface area contributed by atoms with E-state index in [4.69, 9.17) is 9.72 Å². The average Bonchev–Trinajstić information content (AvgIpc) is 2.98. The molecule has 0 unspecified atom stereocenters. The van der Waals surface area contributed by atoms with Crippen LogP contribution in [0.25, 0.3) is 22.2 Å². The molecule has 8 heteroatoms. The van der Waals surface area contributed by atoms with Gasteiger partial charge in [-0.1, -0.05) is 19.9 Å². The zero-order chi connectivity index (χ0) is 23.4. The summed E-state index contributed by atoms with van der Waals surface area (Å²) in [4.78, 5) is 28.5. The van der Waals surface area contributed by atoms with Crippen molar-refractivity contribution in [2.75, 3.05) is 18.1 Å². The lowest BCUT2D eigenvalue weighted by molar-refractivity contribution is 0.310. The van der Waals surface area contributed by atoms with Gasteiger partial charge in [0.2, 0.25) is 0 Å². The highest BCUT2D eigenvalue weighted by Gasteiger charge is 2.30. The molecule has 0 spiro atoms. The van der Waals surface area contributed by atoms with Gasteiger partial charge in [0.25, 0.3) is 5.56 Å². The first-order valence-corrected chi connectivity index (χ1v) is 11.8. The van der Waals surface area contributed by atoms with Gasteiger partial charge in [-0.25, -0.2) is 15.0 Å². The molecule has 1 aliphatic heterocycles. The number of fused-ring (bicyclic) bond motifs is 3. The van der Waals surface area contributed by atoms with Crippen molar-refractivity contribution < 1.29 is 4.74 Å². The van der Waals surface area contributed by atoms with E-state index in [-0.39, 0.29) is 11.0 Å². The van der Waals surface area contributed by atoms with Gasteiger partial charge in [-0.3, -0.25) is 14.6 Å². The average molecular weight is 457 g/mol. The van der Waals surface area contributed by atoms with Gasteiger partial charge in [0.15, 0.2) is 5.65 Å². The van der Waals surface area contributed by atoms with Gasteiger partial charge < -0.3 is 9.64 Å². The van der Waals surface area contributed by atoms with E-state index >= 15 is 0 Å². The van der Waals surface area contributed by atoms with Crippen molar-refractivity contribution in [2.24, 2.45) is 12.5 Å². The zero-order valence-electron chi connectivity index (χ0n) is 19.8. The maximum atomic E-state index is 12.4. The highest BCUT2D eigenvalue weighted by atomic mass is 16.5. The topological polar surface area (TPSA) is 88.9 Å². The van der Waals surface area contributed by atoms with Crippen LogP contribution in [0.4, 0.5) is 5.82 Å². The molecule has 0 saturated heterocycles. The number of hydrogen-bond acceptors (Lipinski definition) is 6. The molecule has 0 radical (unpaired) electrons. The minimum Gasteiger partial charge on any atom is -0.491 e. The lowest BCUT2D eigenvalue weighted by Crippen LogP contribution is -2.31. The van der Waals surface area contributed by atoms with E-state index in [0.717, 1.165) is 54.1 Å². The highest BCUT2D eigenvalue weighted by molar-refractivity contribution is 5.80. The van der Waals surface area contributed by atoms with E-state index in [0.29, 0.717) is 24.2 Å². The molecule has 1 aromatic carbocycles. The quantitative estimate of drug-likeness (QED) is 0.496. The van der Waals surface area contributed by atoms with E-state index < -0.39 is 0 Å². The van der Waals surface area contributed by atoms with E-state index in [9.17, 15) is 4.79 Å². The number of ether oxygens (including phenoxy) is 1. The number of benzene rings is 1. The first-order chi connectivity index (χ1) is 16.4. The van der Waals surface area contributed by atoms with Gasteiger partial charge in [0.1, 0.15) is 24.5 Å². The Balaban J connectivity index is 1.37. The van der Waals surface area contributed by atoms with Gasteiger partial charge in [0, 0.05) is 42.2 Å². The van der Waals surface area contributed by atoms with Crippen molar-refractivity contribution >= 4 is 16.9 Å². The van der Waals surface area contributed by atoms with Crippen LogP contribution in [-0.4, -0.2) is 37.9 Å². The third-order valence-corrected chi connectivity index (χ3v) is 7.08. The van der Waals surface area contributed by atoms with Crippen LogP contribution in [-0.2, 0) is 26.4 Å². The van der Waals surface area contributed by atoms with Crippen LogP contribution < -0.4 is 15.2 Å². The van der Waals surface area contributed by atoms with Gasteiger partial charge in [-0.05, 0) is 48.4 Å². The number of nitrogens with zero attached hydrogens (tertiary/aromatic N) is 5. The molecule has 8 nitrogen and oxygen atoms in total. The number of rotatable bonds is 2. The molecule has 1 aliphatic carbocycles. The van der Waals surface area contributed by atoms with Crippen LogP contribution in [0, 0.1) is 5.41 Å². The minimum atomic E-state index is -0.0786. The highest BCUT2D eigenvalue weighted by Crippen LogP contribution is 2.38. The predicted octanol–water partition coefficient (Wildman–Crippen LogP) is 3.63. The molecule has 174 valence electrons. The fourth-order valence-corrected chi connectivity index (χ4v) is 5.15. The SMILES string of the molecule is Cn1[nH]c2ncc(-c3ccc4c(c3)CN(c3ncnc5c3CC(C)(C)CC5)CCO4)cc2c1=O. The first-order valence-electron chi connectivity index (χ1n) is 11.8. The standard InChI is InChI=1S/C26H28N6O2/c1-26(2)7-6-21-20(12-26)24(29-15-28-21)32-8-9-34-22-5-4-16(10-18(22)14-32)17-11-19-23(27-13-17)30-31(3)25(19)33/h4-5,10-11,13,15H,6-9,12,14H2,1-3H3,(H,27,30). The molecule has 34 heavy (non-hydrogen) atoms. The number of aromatic nitrogens is 5. The van der Waals surface area contributed by atoms with E-state index in [1.807, 2.05) is 18.2 Å². The van der Waals surface area contributed by atoms with Crippen molar-refractivity contribution in [3.05, 3.63) is 64.0 Å².